The molecule has 84 valence electrons. The molecule has 3 heteroatoms. The summed E-state index contributed by atoms with van der Waals surface area (Å²) in [6.45, 7) is 7.40. The molecule has 0 spiro atoms. The molecule has 1 aliphatic rings. The van der Waals surface area contributed by atoms with Gasteiger partial charge >= 0.3 is 0 Å². The van der Waals surface area contributed by atoms with Gasteiger partial charge in [-0.05, 0) is 31.8 Å². The summed E-state index contributed by atoms with van der Waals surface area (Å²) in [5, 5.41) is 0. The zero-order valence-corrected chi connectivity index (χ0v) is 9.93. The summed E-state index contributed by atoms with van der Waals surface area (Å²) >= 11 is 5.52. The van der Waals surface area contributed by atoms with Gasteiger partial charge in [0.2, 0.25) is 0 Å². The SMILES string of the molecule is CCC1CCN(CCOCCCl)CC1. The molecule has 1 aliphatic heterocycles. The standard InChI is InChI=1S/C11H22ClNO/c1-2-11-3-6-13(7-4-11)8-10-14-9-5-12/h11H,2-10H2,1H3. The lowest BCUT2D eigenvalue weighted by Gasteiger charge is -2.31. The molecule has 1 rings (SSSR count). The van der Waals surface area contributed by atoms with Crippen LogP contribution in [0.1, 0.15) is 26.2 Å². The van der Waals surface area contributed by atoms with Gasteiger partial charge in [-0.25, -0.2) is 0 Å². The molecule has 0 bridgehead atoms. The zero-order valence-electron chi connectivity index (χ0n) is 9.17. The van der Waals surface area contributed by atoms with Gasteiger partial charge in [-0.3, -0.25) is 0 Å². The van der Waals surface area contributed by atoms with Crippen molar-refractivity contribution in [2.45, 2.75) is 26.2 Å². The first-order chi connectivity index (χ1) is 6.86. The minimum Gasteiger partial charge on any atom is -0.379 e. The first-order valence-electron chi connectivity index (χ1n) is 5.73. The van der Waals surface area contributed by atoms with E-state index in [-0.39, 0.29) is 0 Å². The molecule has 0 aromatic rings. The Hall–Kier alpha value is 0.210. The van der Waals surface area contributed by atoms with Crippen molar-refractivity contribution in [3.05, 3.63) is 0 Å². The Morgan fingerprint density at radius 3 is 2.57 bits per heavy atom. The predicted molar refractivity (Wildman–Crippen MR) is 61.0 cm³/mol. The van der Waals surface area contributed by atoms with Gasteiger partial charge in [0.05, 0.1) is 13.2 Å². The van der Waals surface area contributed by atoms with Crippen molar-refractivity contribution in [3.8, 4) is 0 Å². The van der Waals surface area contributed by atoms with Crippen molar-refractivity contribution >= 4 is 11.6 Å². The van der Waals surface area contributed by atoms with Crippen LogP contribution < -0.4 is 0 Å². The quantitative estimate of drug-likeness (QED) is 0.503. The number of alkyl halides is 1. The summed E-state index contributed by atoms with van der Waals surface area (Å²) < 4.78 is 5.37. The first-order valence-corrected chi connectivity index (χ1v) is 6.26. The number of piperidine rings is 1. The number of rotatable bonds is 6. The number of hydrogen-bond acceptors (Lipinski definition) is 2. The molecule has 0 saturated carbocycles. The van der Waals surface area contributed by atoms with Crippen LogP contribution in [0.15, 0.2) is 0 Å². The molecule has 0 atom stereocenters. The summed E-state index contributed by atoms with van der Waals surface area (Å²) in [5.74, 6) is 1.58. The van der Waals surface area contributed by atoms with E-state index in [1.807, 2.05) is 0 Å². The van der Waals surface area contributed by atoms with E-state index in [1.54, 1.807) is 0 Å². The highest BCUT2D eigenvalue weighted by molar-refractivity contribution is 6.17. The lowest BCUT2D eigenvalue weighted by atomic mass is 9.94. The Kier molecular flexibility index (Phi) is 6.57. The first kappa shape index (κ1) is 12.3. The minimum atomic E-state index is 0.609. The molecule has 2 nitrogen and oxygen atoms in total. The van der Waals surface area contributed by atoms with Crippen molar-refractivity contribution in [1.29, 1.82) is 0 Å². The summed E-state index contributed by atoms with van der Waals surface area (Å²) in [4.78, 5) is 2.50. The Bertz CT molecular complexity index is 135. The average Bonchev–Trinajstić information content (AvgIpc) is 2.25. The van der Waals surface area contributed by atoms with Crippen LogP contribution in [0.5, 0.6) is 0 Å². The van der Waals surface area contributed by atoms with Gasteiger partial charge in [0.15, 0.2) is 0 Å². The lowest BCUT2D eigenvalue weighted by molar-refractivity contribution is 0.0962. The van der Waals surface area contributed by atoms with E-state index in [0.717, 1.165) is 19.1 Å². The highest BCUT2D eigenvalue weighted by atomic mass is 35.5. The maximum absolute atomic E-state index is 5.52. The minimum absolute atomic E-state index is 0.609. The van der Waals surface area contributed by atoms with Crippen LogP contribution in [0.3, 0.4) is 0 Å². The van der Waals surface area contributed by atoms with E-state index in [9.17, 15) is 0 Å². The number of likely N-dealkylation sites (tertiary alicyclic amines) is 1. The van der Waals surface area contributed by atoms with Crippen LogP contribution >= 0.6 is 11.6 Å². The van der Waals surface area contributed by atoms with Gasteiger partial charge in [-0.15, -0.1) is 11.6 Å². The Balaban J connectivity index is 1.98. The Labute approximate surface area is 92.6 Å². The van der Waals surface area contributed by atoms with Crippen molar-refractivity contribution in [2.75, 3.05) is 38.7 Å². The van der Waals surface area contributed by atoms with Crippen LogP contribution in [0.25, 0.3) is 0 Å². The fourth-order valence-corrected chi connectivity index (χ4v) is 2.08. The topological polar surface area (TPSA) is 12.5 Å². The molecule has 0 aromatic heterocycles. The maximum Gasteiger partial charge on any atom is 0.0602 e. The van der Waals surface area contributed by atoms with E-state index in [0.29, 0.717) is 12.5 Å². The van der Waals surface area contributed by atoms with Crippen LogP contribution in [-0.2, 0) is 4.74 Å². The molecule has 0 unspecified atom stereocenters. The molecular weight excluding hydrogens is 198 g/mol. The van der Waals surface area contributed by atoms with E-state index in [4.69, 9.17) is 16.3 Å². The molecular formula is C11H22ClNO. The maximum atomic E-state index is 5.52. The Morgan fingerprint density at radius 1 is 1.29 bits per heavy atom. The van der Waals surface area contributed by atoms with Gasteiger partial charge in [-0.1, -0.05) is 13.3 Å². The zero-order chi connectivity index (χ0) is 10.2. The molecule has 0 amide bonds. The molecule has 1 heterocycles. The second kappa shape index (κ2) is 7.49. The normalized spacial score (nSPS) is 20.1. The fraction of sp³-hybridized carbons (Fsp3) is 1.00. The number of nitrogens with zero attached hydrogens (tertiary/aromatic N) is 1. The van der Waals surface area contributed by atoms with Gasteiger partial charge in [-0.2, -0.15) is 0 Å². The van der Waals surface area contributed by atoms with Gasteiger partial charge in [0, 0.05) is 12.4 Å². The monoisotopic (exact) mass is 219 g/mol. The third kappa shape index (κ3) is 4.63. The van der Waals surface area contributed by atoms with E-state index < -0.39 is 0 Å². The summed E-state index contributed by atoms with van der Waals surface area (Å²) in [5.41, 5.74) is 0. The van der Waals surface area contributed by atoms with Crippen LogP contribution in [-0.4, -0.2) is 43.6 Å². The molecule has 0 aliphatic carbocycles. The summed E-state index contributed by atoms with van der Waals surface area (Å²) in [6, 6.07) is 0. The third-order valence-electron chi connectivity index (χ3n) is 3.06. The van der Waals surface area contributed by atoms with Crippen molar-refractivity contribution in [1.82, 2.24) is 4.90 Å². The number of hydrogen-bond donors (Lipinski definition) is 0. The smallest absolute Gasteiger partial charge is 0.0602 e. The lowest BCUT2D eigenvalue weighted by Crippen LogP contribution is -2.35. The van der Waals surface area contributed by atoms with Crippen molar-refractivity contribution < 1.29 is 4.74 Å². The van der Waals surface area contributed by atoms with Crippen LogP contribution in [0.2, 0.25) is 0 Å². The summed E-state index contributed by atoms with van der Waals surface area (Å²) in [7, 11) is 0. The van der Waals surface area contributed by atoms with Crippen LogP contribution in [0, 0.1) is 5.92 Å². The molecule has 1 saturated heterocycles. The van der Waals surface area contributed by atoms with Gasteiger partial charge in [0.25, 0.3) is 0 Å². The van der Waals surface area contributed by atoms with Gasteiger partial charge in [0.1, 0.15) is 0 Å². The van der Waals surface area contributed by atoms with E-state index >= 15 is 0 Å². The Morgan fingerprint density at radius 2 is 2.00 bits per heavy atom. The predicted octanol–water partition coefficient (Wildman–Crippen LogP) is 2.36. The molecule has 14 heavy (non-hydrogen) atoms. The molecule has 0 N–H and O–H groups in total. The van der Waals surface area contributed by atoms with Gasteiger partial charge < -0.3 is 9.64 Å². The highest BCUT2D eigenvalue weighted by Gasteiger charge is 2.16. The molecule has 1 fully saturated rings. The highest BCUT2D eigenvalue weighted by Crippen LogP contribution is 2.19. The van der Waals surface area contributed by atoms with Crippen molar-refractivity contribution in [3.63, 3.8) is 0 Å². The second-order valence-corrected chi connectivity index (χ2v) is 4.37. The second-order valence-electron chi connectivity index (χ2n) is 3.99. The summed E-state index contributed by atoms with van der Waals surface area (Å²) in [6.07, 6.45) is 4.08. The average molecular weight is 220 g/mol. The molecule has 0 radical (unpaired) electrons. The third-order valence-corrected chi connectivity index (χ3v) is 3.21. The number of halogens is 1. The van der Waals surface area contributed by atoms with E-state index in [1.165, 1.54) is 32.4 Å². The molecule has 0 aromatic carbocycles. The van der Waals surface area contributed by atoms with E-state index in [2.05, 4.69) is 11.8 Å². The fourth-order valence-electron chi connectivity index (χ4n) is 1.97. The van der Waals surface area contributed by atoms with Crippen LogP contribution in [0.4, 0.5) is 0 Å². The largest absolute Gasteiger partial charge is 0.379 e. The van der Waals surface area contributed by atoms with Crippen molar-refractivity contribution in [2.24, 2.45) is 5.92 Å². The number of ether oxygens (including phenoxy) is 1.